The van der Waals surface area contributed by atoms with E-state index in [1.807, 2.05) is 0 Å². The second-order valence-electron chi connectivity index (χ2n) is 9.54. The fourth-order valence-electron chi connectivity index (χ4n) is 5.23. The van der Waals surface area contributed by atoms with Crippen molar-refractivity contribution in [1.82, 2.24) is 0 Å². The topological polar surface area (TPSA) is 57.5 Å². The Morgan fingerprint density at radius 2 is 1.45 bits per heavy atom. The summed E-state index contributed by atoms with van der Waals surface area (Å²) in [5, 5.41) is 19.5. The van der Waals surface area contributed by atoms with Crippen molar-refractivity contribution in [2.75, 3.05) is 0 Å². The van der Waals surface area contributed by atoms with Crippen LogP contribution in [0.15, 0.2) is 36.4 Å². The lowest BCUT2D eigenvalue weighted by Gasteiger charge is -2.37. The summed E-state index contributed by atoms with van der Waals surface area (Å²) in [5.74, 6) is -0.750. The summed E-state index contributed by atoms with van der Waals surface area (Å²) >= 11 is 0. The standard InChI is InChI=1S/C28H38O3/c1-5-28(6-2,24-11-8-22(20(3)18-24)10-13-26(29)30)25-12-9-23(21(4)19-25)14-17-27(31)15-7-16-27/h8-9,11-12,18-19,31H,5-7,10,13-17H2,1-4H3,(H,29,30). The molecule has 3 heteroatoms. The molecule has 3 rings (SSSR count). The van der Waals surface area contributed by atoms with Gasteiger partial charge in [-0.15, -0.1) is 0 Å². The average molecular weight is 423 g/mol. The third kappa shape index (κ3) is 5.03. The van der Waals surface area contributed by atoms with Crippen LogP contribution in [-0.4, -0.2) is 21.8 Å². The highest BCUT2D eigenvalue weighted by Gasteiger charge is 2.34. The Morgan fingerprint density at radius 1 is 0.935 bits per heavy atom. The molecule has 1 aliphatic carbocycles. The van der Waals surface area contributed by atoms with E-state index >= 15 is 0 Å². The van der Waals surface area contributed by atoms with Crippen molar-refractivity contribution < 1.29 is 15.0 Å². The first-order valence-corrected chi connectivity index (χ1v) is 11.9. The predicted octanol–water partition coefficient (Wildman–Crippen LogP) is 6.27. The van der Waals surface area contributed by atoms with Gasteiger partial charge in [-0.2, -0.15) is 0 Å². The van der Waals surface area contributed by atoms with Crippen molar-refractivity contribution in [3.05, 3.63) is 69.8 Å². The van der Waals surface area contributed by atoms with Gasteiger partial charge in [-0.1, -0.05) is 50.2 Å². The van der Waals surface area contributed by atoms with Crippen molar-refractivity contribution in [2.45, 2.75) is 96.5 Å². The number of carbonyl (C=O) groups is 1. The van der Waals surface area contributed by atoms with Crippen LogP contribution in [0, 0.1) is 13.8 Å². The lowest BCUT2D eigenvalue weighted by molar-refractivity contribution is -0.136. The lowest BCUT2D eigenvalue weighted by atomic mass is 9.69. The number of aliphatic hydroxyl groups is 1. The van der Waals surface area contributed by atoms with E-state index in [4.69, 9.17) is 5.11 Å². The number of carboxylic acid groups (broad SMARTS) is 1. The maximum Gasteiger partial charge on any atom is 0.303 e. The quantitative estimate of drug-likeness (QED) is 0.474. The minimum Gasteiger partial charge on any atom is -0.481 e. The molecule has 0 saturated heterocycles. The van der Waals surface area contributed by atoms with Crippen LogP contribution >= 0.6 is 0 Å². The van der Waals surface area contributed by atoms with Crippen LogP contribution in [0.1, 0.15) is 92.2 Å². The van der Waals surface area contributed by atoms with Crippen molar-refractivity contribution in [2.24, 2.45) is 0 Å². The van der Waals surface area contributed by atoms with Crippen molar-refractivity contribution in [3.8, 4) is 0 Å². The smallest absolute Gasteiger partial charge is 0.303 e. The van der Waals surface area contributed by atoms with Crippen LogP contribution in [0.2, 0.25) is 0 Å². The first-order chi connectivity index (χ1) is 14.7. The van der Waals surface area contributed by atoms with Crippen molar-refractivity contribution >= 4 is 5.97 Å². The molecular formula is C28H38O3. The zero-order chi connectivity index (χ0) is 22.6. The molecule has 0 bridgehead atoms. The summed E-state index contributed by atoms with van der Waals surface area (Å²) in [6, 6.07) is 13.5. The van der Waals surface area contributed by atoms with Gasteiger partial charge < -0.3 is 10.2 Å². The Bertz CT molecular complexity index is 920. The number of rotatable bonds is 10. The van der Waals surface area contributed by atoms with Crippen LogP contribution in [-0.2, 0) is 23.1 Å². The maximum atomic E-state index is 11.0. The van der Waals surface area contributed by atoms with E-state index < -0.39 is 11.6 Å². The van der Waals surface area contributed by atoms with Crippen molar-refractivity contribution in [3.63, 3.8) is 0 Å². The first kappa shape index (κ1) is 23.5. The number of aliphatic carboxylic acids is 1. The Labute approximate surface area is 187 Å². The van der Waals surface area contributed by atoms with E-state index in [-0.39, 0.29) is 11.8 Å². The number of carboxylic acids is 1. The fraction of sp³-hybridized carbons (Fsp3) is 0.536. The fourth-order valence-corrected chi connectivity index (χ4v) is 5.23. The summed E-state index contributed by atoms with van der Waals surface area (Å²) in [7, 11) is 0. The lowest BCUT2D eigenvalue weighted by Crippen LogP contribution is -2.37. The van der Waals surface area contributed by atoms with Crippen molar-refractivity contribution in [1.29, 1.82) is 0 Å². The van der Waals surface area contributed by atoms with Crippen LogP contribution in [0.5, 0.6) is 0 Å². The minimum absolute atomic E-state index is 0.0500. The molecule has 0 radical (unpaired) electrons. The highest BCUT2D eigenvalue weighted by atomic mass is 16.4. The van der Waals surface area contributed by atoms with Gasteiger partial charge in [-0.25, -0.2) is 0 Å². The molecule has 2 N–H and O–H groups in total. The van der Waals surface area contributed by atoms with Gasteiger partial charge in [0.15, 0.2) is 0 Å². The van der Waals surface area contributed by atoms with Gasteiger partial charge in [0.1, 0.15) is 0 Å². The van der Waals surface area contributed by atoms with E-state index in [0.29, 0.717) is 6.42 Å². The molecule has 0 aromatic heterocycles. The molecule has 0 aliphatic heterocycles. The minimum atomic E-state index is -0.750. The summed E-state index contributed by atoms with van der Waals surface area (Å²) in [6.07, 6.45) is 7.60. The second-order valence-corrected chi connectivity index (χ2v) is 9.54. The molecule has 31 heavy (non-hydrogen) atoms. The Hall–Kier alpha value is -2.13. The van der Waals surface area contributed by atoms with Gasteiger partial charge in [0.25, 0.3) is 0 Å². The number of hydrogen-bond donors (Lipinski definition) is 2. The monoisotopic (exact) mass is 422 g/mol. The largest absolute Gasteiger partial charge is 0.481 e. The summed E-state index contributed by atoms with van der Waals surface area (Å²) in [4.78, 5) is 11.0. The zero-order valence-corrected chi connectivity index (χ0v) is 19.6. The van der Waals surface area contributed by atoms with E-state index in [0.717, 1.165) is 50.5 Å². The van der Waals surface area contributed by atoms with E-state index in [9.17, 15) is 9.90 Å². The first-order valence-electron chi connectivity index (χ1n) is 11.9. The number of hydrogen-bond acceptors (Lipinski definition) is 2. The molecule has 1 aliphatic rings. The highest BCUT2D eigenvalue weighted by molar-refractivity contribution is 5.67. The summed E-state index contributed by atoms with van der Waals surface area (Å²) < 4.78 is 0. The molecule has 0 spiro atoms. The molecule has 1 fully saturated rings. The van der Waals surface area contributed by atoms with E-state index in [1.54, 1.807) is 0 Å². The van der Waals surface area contributed by atoms with E-state index in [2.05, 4.69) is 64.1 Å². The van der Waals surface area contributed by atoms with Gasteiger partial charge in [0, 0.05) is 11.8 Å². The van der Waals surface area contributed by atoms with Gasteiger partial charge in [0.05, 0.1) is 5.60 Å². The molecular weight excluding hydrogens is 384 g/mol. The Kier molecular flexibility index (Phi) is 7.26. The molecule has 2 aromatic carbocycles. The summed E-state index contributed by atoms with van der Waals surface area (Å²) in [6.45, 7) is 8.80. The molecule has 0 unspecified atom stereocenters. The third-order valence-electron chi connectivity index (χ3n) is 7.75. The highest BCUT2D eigenvalue weighted by Crippen LogP contribution is 2.41. The van der Waals surface area contributed by atoms with Gasteiger partial charge in [-0.05, 0) is 98.6 Å². The zero-order valence-electron chi connectivity index (χ0n) is 19.6. The Balaban J connectivity index is 1.87. The number of aryl methyl sites for hydroxylation is 4. The van der Waals surface area contributed by atoms with Gasteiger partial charge in [0.2, 0.25) is 0 Å². The summed E-state index contributed by atoms with van der Waals surface area (Å²) in [5.41, 5.74) is 7.11. The number of benzene rings is 2. The normalized spacial score (nSPS) is 15.5. The maximum absolute atomic E-state index is 11.0. The van der Waals surface area contributed by atoms with E-state index in [1.165, 1.54) is 27.8 Å². The van der Waals surface area contributed by atoms with Gasteiger partial charge in [-0.3, -0.25) is 4.79 Å². The molecule has 0 atom stereocenters. The average Bonchev–Trinajstić information content (AvgIpc) is 2.72. The molecule has 3 nitrogen and oxygen atoms in total. The van der Waals surface area contributed by atoms with Crippen LogP contribution in [0.3, 0.4) is 0 Å². The van der Waals surface area contributed by atoms with Crippen LogP contribution in [0.25, 0.3) is 0 Å². The molecule has 2 aromatic rings. The van der Waals surface area contributed by atoms with Crippen LogP contribution in [0.4, 0.5) is 0 Å². The molecule has 0 amide bonds. The molecule has 1 saturated carbocycles. The Morgan fingerprint density at radius 3 is 1.84 bits per heavy atom. The SMILES string of the molecule is CCC(CC)(c1ccc(CCC(=O)O)c(C)c1)c1ccc(CCC2(O)CCC2)c(C)c1. The molecule has 0 heterocycles. The second kappa shape index (κ2) is 9.56. The third-order valence-corrected chi connectivity index (χ3v) is 7.75. The van der Waals surface area contributed by atoms with Crippen LogP contribution < -0.4 is 0 Å². The van der Waals surface area contributed by atoms with Gasteiger partial charge >= 0.3 is 5.97 Å². The predicted molar refractivity (Wildman–Crippen MR) is 127 cm³/mol. The molecule has 168 valence electrons.